The highest BCUT2D eigenvalue weighted by molar-refractivity contribution is 7.88. The minimum absolute atomic E-state index is 0.0615. The fourth-order valence-electron chi connectivity index (χ4n) is 2.40. The third-order valence-corrected chi connectivity index (χ3v) is 5.27. The average Bonchev–Trinajstić information content (AvgIpc) is 2.58. The Labute approximate surface area is 159 Å². The van der Waals surface area contributed by atoms with Crippen molar-refractivity contribution in [1.82, 2.24) is 4.72 Å². The molecule has 0 spiro atoms. The fraction of sp³-hybridized carbons (Fsp3) is 0.368. The third kappa shape index (κ3) is 6.65. The second kappa shape index (κ2) is 8.49. The molecule has 27 heavy (non-hydrogen) atoms. The number of hydrogen-bond donors (Lipinski definition) is 1. The van der Waals surface area contributed by atoms with Gasteiger partial charge in [0.05, 0.1) is 10.7 Å². The number of nitrogens with one attached hydrogen (secondary N) is 1. The molecule has 2 aromatic carbocycles. The number of rotatable bonds is 8. The van der Waals surface area contributed by atoms with E-state index in [1.54, 1.807) is 0 Å². The SMILES string of the molecule is CC(C)(C)c1ccc(OCCNS(=O)(=O)Cc2ccc([N+](=O)[O-])cc2)cc1. The van der Waals surface area contributed by atoms with Crippen LogP contribution in [0.3, 0.4) is 0 Å². The second-order valence-electron chi connectivity index (χ2n) is 7.20. The number of nitrogens with zero attached hydrogens (tertiary/aromatic N) is 1. The molecule has 0 aliphatic heterocycles. The van der Waals surface area contributed by atoms with E-state index in [0.717, 1.165) is 0 Å². The molecule has 1 N–H and O–H groups in total. The van der Waals surface area contributed by atoms with Crippen LogP contribution in [-0.4, -0.2) is 26.5 Å². The number of nitro groups is 1. The van der Waals surface area contributed by atoms with E-state index >= 15 is 0 Å². The number of sulfonamides is 1. The van der Waals surface area contributed by atoms with E-state index in [0.29, 0.717) is 11.3 Å². The highest BCUT2D eigenvalue weighted by Gasteiger charge is 2.14. The van der Waals surface area contributed by atoms with Crippen LogP contribution in [0.4, 0.5) is 5.69 Å². The minimum Gasteiger partial charge on any atom is -0.492 e. The molecule has 0 amide bonds. The Morgan fingerprint density at radius 3 is 2.15 bits per heavy atom. The molecule has 0 aliphatic carbocycles. The summed E-state index contributed by atoms with van der Waals surface area (Å²) >= 11 is 0. The van der Waals surface area contributed by atoms with Crippen molar-refractivity contribution in [2.75, 3.05) is 13.2 Å². The molecule has 0 atom stereocenters. The first-order valence-corrected chi connectivity index (χ1v) is 10.2. The van der Waals surface area contributed by atoms with Crippen LogP contribution in [0.1, 0.15) is 31.9 Å². The zero-order valence-electron chi connectivity index (χ0n) is 15.6. The van der Waals surface area contributed by atoms with Gasteiger partial charge in [0, 0.05) is 18.7 Å². The molecule has 0 heterocycles. The van der Waals surface area contributed by atoms with Crippen LogP contribution < -0.4 is 9.46 Å². The molecular weight excluding hydrogens is 368 g/mol. The van der Waals surface area contributed by atoms with Gasteiger partial charge >= 0.3 is 0 Å². The molecule has 0 bridgehead atoms. The molecule has 0 fully saturated rings. The van der Waals surface area contributed by atoms with Crippen molar-refractivity contribution in [3.63, 3.8) is 0 Å². The lowest BCUT2D eigenvalue weighted by atomic mass is 9.87. The maximum atomic E-state index is 12.1. The summed E-state index contributed by atoms with van der Waals surface area (Å²) in [6, 6.07) is 13.2. The van der Waals surface area contributed by atoms with Crippen LogP contribution in [0, 0.1) is 10.1 Å². The van der Waals surface area contributed by atoms with Crippen LogP contribution in [0.25, 0.3) is 0 Å². The van der Waals surface area contributed by atoms with Crippen LogP contribution in [0.5, 0.6) is 5.75 Å². The molecule has 7 nitrogen and oxygen atoms in total. The average molecular weight is 392 g/mol. The summed E-state index contributed by atoms with van der Waals surface area (Å²) in [6.45, 7) is 6.72. The molecule has 0 radical (unpaired) electrons. The molecule has 8 heteroatoms. The van der Waals surface area contributed by atoms with E-state index in [2.05, 4.69) is 25.5 Å². The van der Waals surface area contributed by atoms with Gasteiger partial charge in [-0.15, -0.1) is 0 Å². The summed E-state index contributed by atoms with van der Waals surface area (Å²) in [7, 11) is -3.55. The third-order valence-electron chi connectivity index (χ3n) is 3.92. The first kappa shape index (κ1) is 20.9. The quantitative estimate of drug-likeness (QED) is 0.422. The molecule has 2 rings (SSSR count). The Bertz CT molecular complexity index is 870. The number of ether oxygens (including phenoxy) is 1. The standard InChI is InChI=1S/C19H24N2O5S/c1-19(2,3)16-6-10-18(11-7-16)26-13-12-20-27(24,25)14-15-4-8-17(9-5-15)21(22)23/h4-11,20H,12-14H2,1-3H3. The van der Waals surface area contributed by atoms with Crippen molar-refractivity contribution < 1.29 is 18.1 Å². The summed E-state index contributed by atoms with van der Waals surface area (Å²) < 4.78 is 32.2. The minimum atomic E-state index is -3.55. The smallest absolute Gasteiger partial charge is 0.269 e. The van der Waals surface area contributed by atoms with Gasteiger partial charge in [0.2, 0.25) is 10.0 Å². The monoisotopic (exact) mass is 392 g/mol. The Morgan fingerprint density at radius 2 is 1.63 bits per heavy atom. The normalized spacial score (nSPS) is 12.0. The summed E-state index contributed by atoms with van der Waals surface area (Å²) in [5.41, 5.74) is 1.66. The van der Waals surface area contributed by atoms with E-state index in [1.807, 2.05) is 24.3 Å². The molecular formula is C19H24N2O5S. The van der Waals surface area contributed by atoms with Gasteiger partial charge in [-0.1, -0.05) is 45.0 Å². The molecule has 0 aliphatic rings. The van der Waals surface area contributed by atoms with Gasteiger partial charge in [0.25, 0.3) is 5.69 Å². The maximum Gasteiger partial charge on any atom is 0.269 e. The predicted octanol–water partition coefficient (Wildman–Crippen LogP) is 3.39. The van der Waals surface area contributed by atoms with Gasteiger partial charge in [0.15, 0.2) is 0 Å². The molecule has 0 unspecified atom stereocenters. The van der Waals surface area contributed by atoms with Crippen molar-refractivity contribution in [2.24, 2.45) is 0 Å². The van der Waals surface area contributed by atoms with Crippen molar-refractivity contribution in [2.45, 2.75) is 31.9 Å². The highest BCUT2D eigenvalue weighted by Crippen LogP contribution is 2.24. The lowest BCUT2D eigenvalue weighted by Gasteiger charge is -2.19. The molecule has 0 saturated carbocycles. The summed E-state index contributed by atoms with van der Waals surface area (Å²) in [4.78, 5) is 10.1. The van der Waals surface area contributed by atoms with Gasteiger partial charge < -0.3 is 4.74 Å². The van der Waals surface area contributed by atoms with Gasteiger partial charge in [-0.2, -0.15) is 0 Å². The Balaban J connectivity index is 1.80. The van der Waals surface area contributed by atoms with E-state index in [4.69, 9.17) is 4.74 Å². The zero-order valence-corrected chi connectivity index (χ0v) is 16.5. The van der Waals surface area contributed by atoms with E-state index in [-0.39, 0.29) is 30.0 Å². The van der Waals surface area contributed by atoms with Gasteiger partial charge in [0.1, 0.15) is 12.4 Å². The Morgan fingerprint density at radius 1 is 1.04 bits per heavy atom. The number of hydrogen-bond acceptors (Lipinski definition) is 5. The Hall–Kier alpha value is -2.45. The summed E-state index contributed by atoms with van der Waals surface area (Å²) in [5, 5.41) is 10.6. The van der Waals surface area contributed by atoms with Gasteiger partial charge in [-0.3, -0.25) is 10.1 Å². The van der Waals surface area contributed by atoms with Crippen molar-refractivity contribution in [3.05, 3.63) is 69.8 Å². The molecule has 0 saturated heterocycles. The predicted molar refractivity (Wildman–Crippen MR) is 104 cm³/mol. The second-order valence-corrected chi connectivity index (χ2v) is 9.01. The summed E-state index contributed by atoms with van der Waals surface area (Å²) in [6.07, 6.45) is 0. The van der Waals surface area contributed by atoms with Gasteiger partial charge in [-0.25, -0.2) is 13.1 Å². The number of non-ortho nitro benzene ring substituents is 1. The van der Waals surface area contributed by atoms with E-state index < -0.39 is 14.9 Å². The lowest BCUT2D eigenvalue weighted by Crippen LogP contribution is -2.29. The van der Waals surface area contributed by atoms with Crippen molar-refractivity contribution in [3.8, 4) is 5.75 Å². The largest absolute Gasteiger partial charge is 0.492 e. The van der Waals surface area contributed by atoms with E-state index in [1.165, 1.54) is 29.8 Å². The molecule has 2 aromatic rings. The Kier molecular flexibility index (Phi) is 6.56. The number of benzene rings is 2. The zero-order chi connectivity index (χ0) is 20.1. The fourth-order valence-corrected chi connectivity index (χ4v) is 3.53. The topological polar surface area (TPSA) is 98.5 Å². The van der Waals surface area contributed by atoms with Crippen LogP contribution >= 0.6 is 0 Å². The van der Waals surface area contributed by atoms with Crippen molar-refractivity contribution >= 4 is 15.7 Å². The van der Waals surface area contributed by atoms with Crippen LogP contribution in [-0.2, 0) is 21.2 Å². The highest BCUT2D eigenvalue weighted by atomic mass is 32.2. The lowest BCUT2D eigenvalue weighted by molar-refractivity contribution is -0.384. The van der Waals surface area contributed by atoms with Gasteiger partial charge in [-0.05, 0) is 28.7 Å². The maximum absolute atomic E-state index is 12.1. The summed E-state index contributed by atoms with van der Waals surface area (Å²) in [5.74, 6) is 0.434. The van der Waals surface area contributed by atoms with E-state index in [9.17, 15) is 18.5 Å². The number of nitro benzene ring substituents is 1. The van der Waals surface area contributed by atoms with Crippen LogP contribution in [0.2, 0.25) is 0 Å². The first-order valence-electron chi connectivity index (χ1n) is 8.51. The van der Waals surface area contributed by atoms with Crippen molar-refractivity contribution in [1.29, 1.82) is 0 Å². The molecule has 0 aromatic heterocycles. The van der Waals surface area contributed by atoms with Crippen LogP contribution in [0.15, 0.2) is 48.5 Å². The first-order chi connectivity index (χ1) is 12.6. The molecule has 146 valence electrons.